The second-order valence-electron chi connectivity index (χ2n) is 4.77. The van der Waals surface area contributed by atoms with Gasteiger partial charge in [-0.05, 0) is 29.8 Å². The molecule has 2 aromatic heterocycles. The lowest BCUT2D eigenvalue weighted by Gasteiger charge is -2.08. The fourth-order valence-electron chi connectivity index (χ4n) is 2.04. The standard InChI is InChI=1S/C16H11ClF2N4/c17-14-8-15(21-9-10-5-12(18)7-13(19)6-10)23-16(22-14)11-1-3-20-4-2-11/h1-8H,9H2,(H,21,22,23). The van der Waals surface area contributed by atoms with Gasteiger partial charge in [0.15, 0.2) is 5.82 Å². The second kappa shape index (κ2) is 6.66. The van der Waals surface area contributed by atoms with Crippen molar-refractivity contribution in [3.63, 3.8) is 0 Å². The van der Waals surface area contributed by atoms with Gasteiger partial charge in [-0.3, -0.25) is 4.98 Å². The number of hydrogen-bond donors (Lipinski definition) is 1. The van der Waals surface area contributed by atoms with E-state index < -0.39 is 11.6 Å². The van der Waals surface area contributed by atoms with Crippen molar-refractivity contribution in [1.82, 2.24) is 15.0 Å². The molecular weight excluding hydrogens is 322 g/mol. The van der Waals surface area contributed by atoms with Crippen molar-refractivity contribution < 1.29 is 8.78 Å². The molecule has 1 N–H and O–H groups in total. The first-order chi connectivity index (χ1) is 11.1. The Morgan fingerprint density at radius 1 is 0.957 bits per heavy atom. The van der Waals surface area contributed by atoms with Gasteiger partial charge in [0.25, 0.3) is 0 Å². The first-order valence-electron chi connectivity index (χ1n) is 6.74. The molecule has 3 aromatic rings. The van der Waals surface area contributed by atoms with Crippen molar-refractivity contribution in [2.24, 2.45) is 0 Å². The van der Waals surface area contributed by atoms with E-state index >= 15 is 0 Å². The molecule has 7 heteroatoms. The molecule has 1 aromatic carbocycles. The third kappa shape index (κ3) is 3.98. The number of halogens is 3. The zero-order valence-corrected chi connectivity index (χ0v) is 12.6. The molecule has 0 atom stereocenters. The van der Waals surface area contributed by atoms with Crippen LogP contribution in [0.2, 0.25) is 5.15 Å². The Labute approximate surface area is 136 Å². The molecule has 0 radical (unpaired) electrons. The number of nitrogens with one attached hydrogen (secondary N) is 1. The Morgan fingerprint density at radius 3 is 2.35 bits per heavy atom. The van der Waals surface area contributed by atoms with E-state index in [1.54, 1.807) is 30.6 Å². The first kappa shape index (κ1) is 15.3. The fourth-order valence-corrected chi connectivity index (χ4v) is 2.23. The summed E-state index contributed by atoms with van der Waals surface area (Å²) in [6, 6.07) is 8.40. The van der Waals surface area contributed by atoms with Crippen molar-refractivity contribution >= 4 is 17.4 Å². The molecule has 0 spiro atoms. The van der Waals surface area contributed by atoms with Crippen LogP contribution in [0.3, 0.4) is 0 Å². The lowest BCUT2D eigenvalue weighted by molar-refractivity contribution is 0.580. The van der Waals surface area contributed by atoms with E-state index in [1.165, 1.54) is 12.1 Å². The molecule has 0 saturated carbocycles. The zero-order chi connectivity index (χ0) is 16.2. The molecule has 116 valence electrons. The van der Waals surface area contributed by atoms with Gasteiger partial charge in [-0.2, -0.15) is 0 Å². The lowest BCUT2D eigenvalue weighted by atomic mass is 10.2. The quantitative estimate of drug-likeness (QED) is 0.731. The highest BCUT2D eigenvalue weighted by Crippen LogP contribution is 2.20. The molecule has 0 unspecified atom stereocenters. The SMILES string of the molecule is Fc1cc(F)cc(CNc2cc(Cl)nc(-c3ccncc3)n2)c1. The van der Waals surface area contributed by atoms with Gasteiger partial charge in [-0.1, -0.05) is 11.6 Å². The maximum atomic E-state index is 13.2. The highest BCUT2D eigenvalue weighted by atomic mass is 35.5. The summed E-state index contributed by atoms with van der Waals surface area (Å²) < 4.78 is 26.4. The summed E-state index contributed by atoms with van der Waals surface area (Å²) >= 11 is 6.01. The van der Waals surface area contributed by atoms with E-state index in [-0.39, 0.29) is 11.7 Å². The Morgan fingerprint density at radius 2 is 1.65 bits per heavy atom. The molecule has 0 bridgehead atoms. The number of aromatic nitrogens is 3. The summed E-state index contributed by atoms with van der Waals surface area (Å²) in [4.78, 5) is 12.4. The van der Waals surface area contributed by atoms with Gasteiger partial charge >= 0.3 is 0 Å². The maximum absolute atomic E-state index is 13.2. The average molecular weight is 333 g/mol. The van der Waals surface area contributed by atoms with Crippen LogP contribution in [0.25, 0.3) is 11.4 Å². The van der Waals surface area contributed by atoms with E-state index in [4.69, 9.17) is 11.6 Å². The minimum Gasteiger partial charge on any atom is -0.366 e. The average Bonchev–Trinajstić information content (AvgIpc) is 2.52. The summed E-state index contributed by atoms with van der Waals surface area (Å²) in [5.41, 5.74) is 1.23. The predicted molar refractivity (Wildman–Crippen MR) is 84.0 cm³/mol. The van der Waals surface area contributed by atoms with Gasteiger partial charge in [0.05, 0.1) is 0 Å². The molecule has 3 rings (SSSR count). The van der Waals surface area contributed by atoms with Gasteiger partial charge in [0.1, 0.15) is 22.6 Å². The first-order valence-corrected chi connectivity index (χ1v) is 7.12. The van der Waals surface area contributed by atoms with E-state index in [9.17, 15) is 8.78 Å². The number of nitrogens with zero attached hydrogens (tertiary/aromatic N) is 3. The summed E-state index contributed by atoms with van der Waals surface area (Å²) in [5.74, 6) is -0.353. The van der Waals surface area contributed by atoms with Crippen LogP contribution in [0.1, 0.15) is 5.56 Å². The minimum atomic E-state index is -0.625. The van der Waals surface area contributed by atoms with Crippen molar-refractivity contribution in [2.45, 2.75) is 6.54 Å². The Hall–Kier alpha value is -2.60. The van der Waals surface area contributed by atoms with E-state index in [0.717, 1.165) is 11.6 Å². The molecule has 4 nitrogen and oxygen atoms in total. The summed E-state index contributed by atoms with van der Waals surface area (Å²) in [5, 5.41) is 3.25. The smallest absolute Gasteiger partial charge is 0.163 e. The van der Waals surface area contributed by atoms with Gasteiger partial charge in [-0.15, -0.1) is 0 Å². The van der Waals surface area contributed by atoms with Crippen molar-refractivity contribution in [2.75, 3.05) is 5.32 Å². The molecule has 0 saturated heterocycles. The third-order valence-corrected chi connectivity index (χ3v) is 3.22. The van der Waals surface area contributed by atoms with Crippen molar-refractivity contribution in [3.05, 3.63) is 71.1 Å². The zero-order valence-electron chi connectivity index (χ0n) is 11.8. The minimum absolute atomic E-state index is 0.206. The number of benzene rings is 1. The second-order valence-corrected chi connectivity index (χ2v) is 5.15. The number of rotatable bonds is 4. The number of pyridine rings is 1. The summed E-state index contributed by atoms with van der Waals surface area (Å²) in [6.45, 7) is 0.206. The van der Waals surface area contributed by atoms with E-state index in [2.05, 4.69) is 20.3 Å². The molecule has 2 heterocycles. The largest absolute Gasteiger partial charge is 0.366 e. The molecule has 0 amide bonds. The van der Waals surface area contributed by atoms with Crippen LogP contribution in [-0.2, 0) is 6.54 Å². The highest BCUT2D eigenvalue weighted by molar-refractivity contribution is 6.29. The molecule has 0 aliphatic carbocycles. The van der Waals surface area contributed by atoms with E-state index in [1.807, 2.05) is 0 Å². The van der Waals surface area contributed by atoms with Gasteiger partial charge in [-0.25, -0.2) is 18.7 Å². The van der Waals surface area contributed by atoms with Crippen LogP contribution in [-0.4, -0.2) is 15.0 Å². The monoisotopic (exact) mass is 332 g/mol. The van der Waals surface area contributed by atoms with Crippen LogP contribution in [0.15, 0.2) is 48.8 Å². The van der Waals surface area contributed by atoms with Crippen LogP contribution >= 0.6 is 11.6 Å². The molecule has 23 heavy (non-hydrogen) atoms. The van der Waals surface area contributed by atoms with Gasteiger partial charge < -0.3 is 5.32 Å². The maximum Gasteiger partial charge on any atom is 0.163 e. The van der Waals surface area contributed by atoms with Crippen LogP contribution in [0.4, 0.5) is 14.6 Å². The molecule has 0 aliphatic heterocycles. The lowest BCUT2D eigenvalue weighted by Crippen LogP contribution is -2.04. The van der Waals surface area contributed by atoms with Crippen molar-refractivity contribution in [3.8, 4) is 11.4 Å². The molecule has 0 fully saturated rings. The van der Waals surface area contributed by atoms with Crippen LogP contribution in [0, 0.1) is 11.6 Å². The molecule has 0 aliphatic rings. The van der Waals surface area contributed by atoms with Gasteiger partial charge in [0, 0.05) is 36.6 Å². The molecular formula is C16H11ClF2N4. The summed E-state index contributed by atoms with van der Waals surface area (Å²) in [6.07, 6.45) is 3.25. The highest BCUT2D eigenvalue weighted by Gasteiger charge is 2.07. The van der Waals surface area contributed by atoms with E-state index in [0.29, 0.717) is 17.2 Å². The predicted octanol–water partition coefficient (Wildman–Crippen LogP) is 4.08. The topological polar surface area (TPSA) is 50.7 Å². The fraction of sp³-hybridized carbons (Fsp3) is 0.0625. The van der Waals surface area contributed by atoms with Gasteiger partial charge in [0.2, 0.25) is 0 Å². The summed E-state index contributed by atoms with van der Waals surface area (Å²) in [7, 11) is 0. The Kier molecular flexibility index (Phi) is 4.43. The Balaban J connectivity index is 1.82. The van der Waals surface area contributed by atoms with Crippen LogP contribution in [0.5, 0.6) is 0 Å². The van der Waals surface area contributed by atoms with Crippen LogP contribution < -0.4 is 5.32 Å². The normalized spacial score (nSPS) is 10.6. The number of anilines is 1. The number of hydrogen-bond acceptors (Lipinski definition) is 4. The Bertz CT molecular complexity index is 807. The van der Waals surface area contributed by atoms with Crippen molar-refractivity contribution in [1.29, 1.82) is 0 Å². The third-order valence-electron chi connectivity index (χ3n) is 3.03.